The fourth-order valence-electron chi connectivity index (χ4n) is 2.79. The number of rotatable bonds is 3. The van der Waals surface area contributed by atoms with Crippen LogP contribution in [0, 0.1) is 0 Å². The molecule has 0 bridgehead atoms. The van der Waals surface area contributed by atoms with Crippen LogP contribution in [0.4, 0.5) is 0 Å². The highest BCUT2D eigenvalue weighted by Gasteiger charge is 2.14. The molecule has 0 fully saturated rings. The van der Waals surface area contributed by atoms with Crippen LogP contribution < -0.4 is 0 Å². The van der Waals surface area contributed by atoms with Crippen molar-refractivity contribution in [1.82, 2.24) is 4.98 Å². The number of hydrogen-bond acceptors (Lipinski definition) is 3. The second-order valence-corrected chi connectivity index (χ2v) is 6.40. The standard InChI is InChI=1S/C20H11Cl2NO2/c21-15-3-1-2-12(8-15)16-10-19(22)23-18-5-4-13(9-17(16)18)20(24)14-6-7-25-11-14/h1-11H. The van der Waals surface area contributed by atoms with E-state index in [4.69, 9.17) is 27.6 Å². The molecule has 0 aliphatic carbocycles. The van der Waals surface area contributed by atoms with Crippen molar-refractivity contribution in [1.29, 1.82) is 0 Å². The van der Waals surface area contributed by atoms with Crippen LogP contribution in [0.25, 0.3) is 22.0 Å². The summed E-state index contributed by atoms with van der Waals surface area (Å²) in [6, 6.07) is 16.3. The summed E-state index contributed by atoms with van der Waals surface area (Å²) in [5, 5.41) is 1.85. The van der Waals surface area contributed by atoms with Gasteiger partial charge >= 0.3 is 0 Å². The fourth-order valence-corrected chi connectivity index (χ4v) is 3.18. The van der Waals surface area contributed by atoms with E-state index in [9.17, 15) is 4.79 Å². The maximum Gasteiger partial charge on any atom is 0.196 e. The zero-order chi connectivity index (χ0) is 17.4. The molecule has 5 heteroatoms. The van der Waals surface area contributed by atoms with Crippen molar-refractivity contribution in [2.75, 3.05) is 0 Å². The number of pyridine rings is 1. The maximum absolute atomic E-state index is 12.6. The summed E-state index contributed by atoms with van der Waals surface area (Å²) in [6.45, 7) is 0. The van der Waals surface area contributed by atoms with Gasteiger partial charge in [-0.05, 0) is 53.6 Å². The first-order chi connectivity index (χ1) is 12.1. The van der Waals surface area contributed by atoms with E-state index in [2.05, 4.69) is 4.98 Å². The van der Waals surface area contributed by atoms with E-state index in [1.807, 2.05) is 30.3 Å². The monoisotopic (exact) mass is 367 g/mol. The van der Waals surface area contributed by atoms with E-state index >= 15 is 0 Å². The number of hydrogen-bond donors (Lipinski definition) is 0. The molecule has 0 amide bonds. The van der Waals surface area contributed by atoms with Crippen LogP contribution >= 0.6 is 23.2 Å². The molecule has 0 radical (unpaired) electrons. The van der Waals surface area contributed by atoms with Gasteiger partial charge in [-0.2, -0.15) is 0 Å². The predicted octanol–water partition coefficient (Wildman–Crippen LogP) is 6.03. The Labute approximate surface area is 153 Å². The molecule has 2 heterocycles. The topological polar surface area (TPSA) is 43.1 Å². The minimum atomic E-state index is -0.109. The zero-order valence-electron chi connectivity index (χ0n) is 12.9. The van der Waals surface area contributed by atoms with E-state index in [1.54, 1.807) is 24.3 Å². The summed E-state index contributed by atoms with van der Waals surface area (Å²) in [4.78, 5) is 16.9. The summed E-state index contributed by atoms with van der Waals surface area (Å²) >= 11 is 12.3. The summed E-state index contributed by atoms with van der Waals surface area (Å²) < 4.78 is 5.00. The molecule has 0 atom stereocenters. The minimum absolute atomic E-state index is 0.109. The van der Waals surface area contributed by atoms with Gasteiger partial charge in [-0.1, -0.05) is 35.3 Å². The average molecular weight is 368 g/mol. The van der Waals surface area contributed by atoms with E-state index in [0.717, 1.165) is 16.5 Å². The molecule has 0 aliphatic rings. The quantitative estimate of drug-likeness (QED) is 0.327. The largest absolute Gasteiger partial charge is 0.472 e. The van der Waals surface area contributed by atoms with Crippen LogP contribution in [0.15, 0.2) is 71.5 Å². The Bertz CT molecular complexity index is 1090. The lowest BCUT2D eigenvalue weighted by Crippen LogP contribution is -2.00. The molecule has 0 N–H and O–H groups in total. The molecule has 0 saturated heterocycles. The zero-order valence-corrected chi connectivity index (χ0v) is 14.4. The van der Waals surface area contributed by atoms with Crippen LogP contribution in [0.5, 0.6) is 0 Å². The van der Waals surface area contributed by atoms with E-state index in [1.165, 1.54) is 12.5 Å². The lowest BCUT2D eigenvalue weighted by Gasteiger charge is -2.09. The van der Waals surface area contributed by atoms with Crippen LogP contribution in [0.3, 0.4) is 0 Å². The van der Waals surface area contributed by atoms with Crippen molar-refractivity contribution < 1.29 is 9.21 Å². The first-order valence-electron chi connectivity index (χ1n) is 7.55. The van der Waals surface area contributed by atoms with Crippen molar-refractivity contribution in [3.8, 4) is 11.1 Å². The normalized spacial score (nSPS) is 11.0. The van der Waals surface area contributed by atoms with Crippen LogP contribution in [0.1, 0.15) is 15.9 Å². The Morgan fingerprint density at radius 2 is 1.84 bits per heavy atom. The molecule has 25 heavy (non-hydrogen) atoms. The number of benzene rings is 2. The van der Waals surface area contributed by atoms with E-state index in [0.29, 0.717) is 26.8 Å². The van der Waals surface area contributed by atoms with Gasteiger partial charge in [0.25, 0.3) is 0 Å². The molecule has 4 rings (SSSR count). The average Bonchev–Trinajstić information content (AvgIpc) is 3.14. The third-order valence-corrected chi connectivity index (χ3v) is 4.39. The van der Waals surface area contributed by atoms with Crippen LogP contribution in [-0.4, -0.2) is 10.8 Å². The number of carbonyl (C=O) groups is 1. The molecular weight excluding hydrogens is 357 g/mol. The Kier molecular flexibility index (Phi) is 4.04. The first kappa shape index (κ1) is 15.9. The molecule has 2 aromatic heterocycles. The van der Waals surface area contributed by atoms with Crippen molar-refractivity contribution in [2.45, 2.75) is 0 Å². The summed E-state index contributed by atoms with van der Waals surface area (Å²) in [5.74, 6) is -0.109. The molecule has 0 saturated carbocycles. The predicted molar refractivity (Wildman–Crippen MR) is 99.3 cm³/mol. The van der Waals surface area contributed by atoms with Crippen molar-refractivity contribution in [3.05, 3.63) is 88.4 Å². The number of aromatic nitrogens is 1. The molecule has 0 unspecified atom stereocenters. The lowest BCUT2D eigenvalue weighted by atomic mass is 9.97. The van der Waals surface area contributed by atoms with Crippen molar-refractivity contribution in [3.63, 3.8) is 0 Å². The van der Waals surface area contributed by atoms with Gasteiger partial charge in [0.05, 0.1) is 17.3 Å². The molecular formula is C20H11Cl2NO2. The summed E-state index contributed by atoms with van der Waals surface area (Å²) in [5.41, 5.74) is 3.56. The highest BCUT2D eigenvalue weighted by atomic mass is 35.5. The number of fused-ring (bicyclic) bond motifs is 1. The van der Waals surface area contributed by atoms with Crippen molar-refractivity contribution >= 4 is 39.9 Å². The van der Waals surface area contributed by atoms with Gasteiger partial charge in [-0.15, -0.1) is 0 Å². The fraction of sp³-hybridized carbons (Fsp3) is 0. The highest BCUT2D eigenvalue weighted by Crippen LogP contribution is 2.32. The van der Waals surface area contributed by atoms with Crippen molar-refractivity contribution in [2.24, 2.45) is 0 Å². The second-order valence-electron chi connectivity index (χ2n) is 5.58. The van der Waals surface area contributed by atoms with Gasteiger partial charge in [-0.3, -0.25) is 4.79 Å². The third kappa shape index (κ3) is 3.04. The number of ketones is 1. The molecule has 0 aliphatic heterocycles. The molecule has 122 valence electrons. The Balaban J connectivity index is 1.93. The molecule has 2 aromatic carbocycles. The number of nitrogens with zero attached hydrogens (tertiary/aromatic N) is 1. The first-order valence-corrected chi connectivity index (χ1v) is 8.30. The number of furan rings is 1. The van der Waals surface area contributed by atoms with Gasteiger partial charge in [-0.25, -0.2) is 4.98 Å². The lowest BCUT2D eigenvalue weighted by molar-refractivity contribution is 0.103. The van der Waals surface area contributed by atoms with E-state index in [-0.39, 0.29) is 5.78 Å². The SMILES string of the molecule is O=C(c1ccoc1)c1ccc2nc(Cl)cc(-c3cccc(Cl)c3)c2c1. The summed E-state index contributed by atoms with van der Waals surface area (Å²) in [6.07, 6.45) is 2.91. The van der Waals surface area contributed by atoms with Crippen LogP contribution in [0.2, 0.25) is 10.2 Å². The molecule has 3 nitrogen and oxygen atoms in total. The summed E-state index contributed by atoms with van der Waals surface area (Å²) in [7, 11) is 0. The smallest absolute Gasteiger partial charge is 0.196 e. The third-order valence-electron chi connectivity index (χ3n) is 3.96. The Morgan fingerprint density at radius 3 is 2.60 bits per heavy atom. The Morgan fingerprint density at radius 1 is 0.960 bits per heavy atom. The second kappa shape index (κ2) is 6.36. The van der Waals surface area contributed by atoms with Crippen LogP contribution in [-0.2, 0) is 0 Å². The minimum Gasteiger partial charge on any atom is -0.472 e. The number of carbonyl (C=O) groups excluding carboxylic acids is 1. The molecule has 0 spiro atoms. The highest BCUT2D eigenvalue weighted by molar-refractivity contribution is 6.31. The Hall–Kier alpha value is -2.62. The van der Waals surface area contributed by atoms with Gasteiger partial charge in [0.1, 0.15) is 11.4 Å². The van der Waals surface area contributed by atoms with E-state index < -0.39 is 0 Å². The maximum atomic E-state index is 12.6. The van der Waals surface area contributed by atoms with Gasteiger partial charge in [0.15, 0.2) is 5.78 Å². The molecule has 4 aromatic rings. The number of halogens is 2. The van der Waals surface area contributed by atoms with Gasteiger partial charge in [0.2, 0.25) is 0 Å². The van der Waals surface area contributed by atoms with Gasteiger partial charge < -0.3 is 4.42 Å². The van der Waals surface area contributed by atoms with Gasteiger partial charge in [0, 0.05) is 16.0 Å².